The van der Waals surface area contributed by atoms with E-state index in [-0.39, 0.29) is 17.2 Å². The number of ether oxygens (including phenoxy) is 1. The van der Waals surface area contributed by atoms with Crippen molar-refractivity contribution < 1.29 is 4.74 Å². The van der Waals surface area contributed by atoms with Gasteiger partial charge in [-0.2, -0.15) is 0 Å². The van der Waals surface area contributed by atoms with Crippen molar-refractivity contribution in [3.63, 3.8) is 0 Å². The number of halogens is 1. The lowest BCUT2D eigenvalue weighted by atomic mass is 10.0. The molecule has 2 atom stereocenters. The Kier molecular flexibility index (Phi) is 4.76. The zero-order valence-corrected chi connectivity index (χ0v) is 16.9. The van der Waals surface area contributed by atoms with E-state index in [4.69, 9.17) is 4.74 Å². The summed E-state index contributed by atoms with van der Waals surface area (Å²) in [6, 6.07) is 10.7. The van der Waals surface area contributed by atoms with E-state index >= 15 is 0 Å². The van der Waals surface area contributed by atoms with Gasteiger partial charge >= 0.3 is 0 Å². The van der Waals surface area contributed by atoms with Gasteiger partial charge in [-0.15, -0.1) is 5.10 Å². The molecule has 1 aromatic heterocycles. The van der Waals surface area contributed by atoms with Crippen LogP contribution in [-0.4, -0.2) is 30.2 Å². The molecule has 0 saturated carbocycles. The summed E-state index contributed by atoms with van der Waals surface area (Å²) in [5.74, 6) is 0.937. The molecular formula is C17H24BrN3OSi. The maximum absolute atomic E-state index is 6.31. The normalized spacial score (nSPS) is 21.0. The first-order valence-electron chi connectivity index (χ1n) is 8.17. The van der Waals surface area contributed by atoms with Crippen LogP contribution in [0.1, 0.15) is 43.8 Å². The van der Waals surface area contributed by atoms with Crippen LogP contribution in [0.4, 0.5) is 0 Å². The summed E-state index contributed by atoms with van der Waals surface area (Å²) in [4.78, 5) is 4.55. The van der Waals surface area contributed by atoms with E-state index < -0.39 is 8.80 Å². The number of fused-ring (bicyclic) bond motifs is 1. The van der Waals surface area contributed by atoms with Crippen LogP contribution in [0.3, 0.4) is 0 Å². The third-order valence-corrected chi connectivity index (χ3v) is 8.68. The molecule has 0 spiro atoms. The van der Waals surface area contributed by atoms with Crippen molar-refractivity contribution in [2.24, 2.45) is 0 Å². The highest BCUT2D eigenvalue weighted by Crippen LogP contribution is 2.41. The van der Waals surface area contributed by atoms with E-state index in [1.165, 1.54) is 5.56 Å². The Morgan fingerprint density at radius 2 is 2.00 bits per heavy atom. The standard InChI is InChI=1S/C17H24BrN3OSi/c1-17(2,23(3)4)11-22-14-10-13(12-8-6-5-7-9-12)21-15(14)19-16(18)20-21/h5-9,13-14,23H,10-11H2,1-4H3. The minimum Gasteiger partial charge on any atom is -0.370 e. The molecule has 0 saturated heterocycles. The second-order valence-electron chi connectivity index (χ2n) is 7.29. The van der Waals surface area contributed by atoms with Crippen LogP contribution in [0, 0.1) is 0 Å². The third kappa shape index (κ3) is 3.44. The van der Waals surface area contributed by atoms with Gasteiger partial charge in [-0.3, -0.25) is 0 Å². The molecule has 3 rings (SSSR count). The lowest BCUT2D eigenvalue weighted by Crippen LogP contribution is -2.27. The highest BCUT2D eigenvalue weighted by Gasteiger charge is 2.37. The fourth-order valence-corrected chi connectivity index (χ4v) is 3.52. The van der Waals surface area contributed by atoms with Gasteiger partial charge in [0, 0.05) is 15.2 Å². The van der Waals surface area contributed by atoms with Crippen molar-refractivity contribution in [1.29, 1.82) is 0 Å². The highest BCUT2D eigenvalue weighted by atomic mass is 79.9. The summed E-state index contributed by atoms with van der Waals surface area (Å²) >= 11 is 3.41. The van der Waals surface area contributed by atoms with Crippen molar-refractivity contribution in [1.82, 2.24) is 14.8 Å². The number of benzene rings is 1. The van der Waals surface area contributed by atoms with E-state index in [0.717, 1.165) is 18.9 Å². The van der Waals surface area contributed by atoms with E-state index in [2.05, 4.69) is 77.2 Å². The predicted molar refractivity (Wildman–Crippen MR) is 98.5 cm³/mol. The van der Waals surface area contributed by atoms with Gasteiger partial charge in [-0.25, -0.2) is 9.67 Å². The molecule has 0 amide bonds. The van der Waals surface area contributed by atoms with Gasteiger partial charge in [-0.05, 0) is 26.5 Å². The van der Waals surface area contributed by atoms with Gasteiger partial charge in [-0.1, -0.05) is 57.3 Å². The molecule has 23 heavy (non-hydrogen) atoms. The van der Waals surface area contributed by atoms with Gasteiger partial charge in [0.05, 0.1) is 12.6 Å². The predicted octanol–water partition coefficient (Wildman–Crippen LogP) is 4.36. The molecular weight excluding hydrogens is 370 g/mol. The number of aromatic nitrogens is 3. The summed E-state index contributed by atoms with van der Waals surface area (Å²) in [6.07, 6.45) is 0.925. The summed E-state index contributed by atoms with van der Waals surface area (Å²) in [5.41, 5.74) is 1.26. The Labute approximate surface area is 148 Å². The van der Waals surface area contributed by atoms with Gasteiger partial charge in [0.1, 0.15) is 6.10 Å². The minimum atomic E-state index is -0.774. The number of nitrogens with zero attached hydrogens (tertiary/aromatic N) is 3. The fourth-order valence-electron chi connectivity index (χ4n) is 2.74. The van der Waals surface area contributed by atoms with Crippen molar-refractivity contribution in [2.75, 3.05) is 6.61 Å². The first-order chi connectivity index (χ1) is 10.9. The van der Waals surface area contributed by atoms with E-state index in [0.29, 0.717) is 4.73 Å². The highest BCUT2D eigenvalue weighted by molar-refractivity contribution is 9.10. The van der Waals surface area contributed by atoms with Crippen LogP contribution in [0.15, 0.2) is 35.1 Å². The van der Waals surface area contributed by atoms with E-state index in [1.807, 2.05) is 10.7 Å². The zero-order chi connectivity index (χ0) is 16.6. The Balaban J connectivity index is 1.81. The summed E-state index contributed by atoms with van der Waals surface area (Å²) in [6.45, 7) is 10.2. The molecule has 1 aromatic carbocycles. The topological polar surface area (TPSA) is 39.9 Å². The molecule has 0 bridgehead atoms. The summed E-state index contributed by atoms with van der Waals surface area (Å²) in [5, 5.41) is 4.81. The molecule has 0 aliphatic carbocycles. The Morgan fingerprint density at radius 3 is 2.65 bits per heavy atom. The first-order valence-corrected chi connectivity index (χ1v) is 11.8. The minimum absolute atomic E-state index is 0.0195. The quantitative estimate of drug-likeness (QED) is 0.708. The lowest BCUT2D eigenvalue weighted by Gasteiger charge is -2.29. The molecule has 4 nitrogen and oxygen atoms in total. The molecule has 1 aliphatic rings. The molecule has 2 aromatic rings. The maximum Gasteiger partial charge on any atom is 0.217 e. The fraction of sp³-hybridized carbons (Fsp3) is 0.529. The second-order valence-corrected chi connectivity index (χ2v) is 11.9. The molecule has 6 heteroatoms. The average Bonchev–Trinajstić information content (AvgIpc) is 3.03. The SMILES string of the molecule is C[SiH](C)C(C)(C)COC1CC(c2ccccc2)n2nc(Br)nc21. The lowest BCUT2D eigenvalue weighted by molar-refractivity contribution is 0.0350. The Morgan fingerprint density at radius 1 is 1.30 bits per heavy atom. The van der Waals surface area contributed by atoms with Crippen LogP contribution < -0.4 is 0 Å². The van der Waals surface area contributed by atoms with Gasteiger partial charge in [0.15, 0.2) is 5.82 Å². The molecule has 2 unspecified atom stereocenters. The average molecular weight is 394 g/mol. The third-order valence-electron chi connectivity index (χ3n) is 5.06. The Hall–Kier alpha value is -0.983. The maximum atomic E-state index is 6.31. The first kappa shape index (κ1) is 16.9. The number of hydrogen-bond donors (Lipinski definition) is 0. The zero-order valence-electron chi connectivity index (χ0n) is 14.2. The van der Waals surface area contributed by atoms with Gasteiger partial charge in [0.2, 0.25) is 4.73 Å². The van der Waals surface area contributed by atoms with Crippen molar-refractivity contribution in [3.8, 4) is 0 Å². The summed E-state index contributed by atoms with van der Waals surface area (Å²) in [7, 11) is -0.774. The molecule has 0 radical (unpaired) electrons. The van der Waals surface area contributed by atoms with Crippen LogP contribution >= 0.6 is 15.9 Å². The smallest absolute Gasteiger partial charge is 0.217 e. The summed E-state index contributed by atoms with van der Waals surface area (Å²) < 4.78 is 8.97. The van der Waals surface area contributed by atoms with E-state index in [1.54, 1.807) is 0 Å². The molecule has 0 fully saturated rings. The van der Waals surface area contributed by atoms with Gasteiger partial charge in [0.25, 0.3) is 0 Å². The monoisotopic (exact) mass is 393 g/mol. The molecule has 2 heterocycles. The molecule has 124 valence electrons. The molecule has 0 N–H and O–H groups in total. The van der Waals surface area contributed by atoms with Crippen LogP contribution in [0.25, 0.3) is 0 Å². The van der Waals surface area contributed by atoms with Gasteiger partial charge < -0.3 is 4.74 Å². The van der Waals surface area contributed by atoms with Crippen LogP contribution in [-0.2, 0) is 4.74 Å². The number of rotatable bonds is 5. The second kappa shape index (κ2) is 6.49. The van der Waals surface area contributed by atoms with Crippen LogP contribution in [0.5, 0.6) is 0 Å². The van der Waals surface area contributed by atoms with E-state index in [9.17, 15) is 0 Å². The molecule has 1 aliphatic heterocycles. The van der Waals surface area contributed by atoms with Crippen molar-refractivity contribution in [3.05, 3.63) is 46.5 Å². The van der Waals surface area contributed by atoms with Crippen molar-refractivity contribution >= 4 is 24.7 Å². The van der Waals surface area contributed by atoms with Crippen LogP contribution in [0.2, 0.25) is 18.1 Å². The largest absolute Gasteiger partial charge is 0.370 e. The Bertz CT molecular complexity index is 672. The number of hydrogen-bond acceptors (Lipinski definition) is 3. The van der Waals surface area contributed by atoms with Crippen molar-refractivity contribution in [2.45, 2.75) is 50.5 Å².